The number of morpholine rings is 1. The molecule has 0 aliphatic carbocycles. The predicted molar refractivity (Wildman–Crippen MR) is 150 cm³/mol. The maximum atomic E-state index is 13.9. The van der Waals surface area contributed by atoms with Gasteiger partial charge in [0.25, 0.3) is 5.91 Å². The summed E-state index contributed by atoms with van der Waals surface area (Å²) in [5.74, 6) is -3.27. The Kier molecular flexibility index (Phi) is 7.73. The number of aromatic amines is 1. The lowest BCUT2D eigenvalue weighted by Crippen LogP contribution is -2.43. The van der Waals surface area contributed by atoms with Gasteiger partial charge in [-0.15, -0.1) is 0 Å². The summed E-state index contributed by atoms with van der Waals surface area (Å²) in [6, 6.07) is 9.22. The highest BCUT2D eigenvalue weighted by atomic mass is 32.2. The Hall–Kier alpha value is -3.82. The van der Waals surface area contributed by atoms with Crippen LogP contribution < -0.4 is 19.2 Å². The molecule has 3 aliphatic rings. The van der Waals surface area contributed by atoms with Crippen molar-refractivity contribution in [1.82, 2.24) is 9.88 Å². The van der Waals surface area contributed by atoms with E-state index < -0.39 is 51.2 Å². The first-order valence-corrected chi connectivity index (χ1v) is 14.9. The highest BCUT2D eigenvalue weighted by Crippen LogP contribution is 2.54. The Morgan fingerprint density at radius 2 is 1.81 bits per heavy atom. The molecular weight excluding hydrogens is 611 g/mol. The van der Waals surface area contributed by atoms with Crippen molar-refractivity contribution in [2.75, 3.05) is 44.9 Å². The summed E-state index contributed by atoms with van der Waals surface area (Å²) in [4.78, 5) is 57.5. The second-order valence-electron chi connectivity index (χ2n) is 9.97. The van der Waals surface area contributed by atoms with Crippen LogP contribution in [-0.2, 0) is 25.3 Å². The molecule has 15 heteroatoms. The van der Waals surface area contributed by atoms with Crippen LogP contribution in [0.4, 0.5) is 18.9 Å². The van der Waals surface area contributed by atoms with Crippen molar-refractivity contribution in [3.05, 3.63) is 68.1 Å². The number of nitrogens with zero attached hydrogens (tertiary/aromatic N) is 2. The minimum Gasteiger partial charge on any atom is -0.493 e. The van der Waals surface area contributed by atoms with E-state index in [1.54, 1.807) is 23.1 Å². The number of amides is 3. The van der Waals surface area contributed by atoms with Gasteiger partial charge in [0.2, 0.25) is 11.8 Å². The van der Waals surface area contributed by atoms with Crippen LogP contribution in [0.3, 0.4) is 0 Å². The number of halogens is 3. The summed E-state index contributed by atoms with van der Waals surface area (Å²) in [6.07, 6.45) is -4.80. The fourth-order valence-electron chi connectivity index (χ4n) is 5.56. The van der Waals surface area contributed by atoms with Gasteiger partial charge < -0.3 is 24.1 Å². The van der Waals surface area contributed by atoms with Gasteiger partial charge in [-0.2, -0.15) is 13.2 Å². The summed E-state index contributed by atoms with van der Waals surface area (Å²) < 4.78 is 58.2. The Bertz CT molecular complexity index is 1650. The van der Waals surface area contributed by atoms with Gasteiger partial charge in [-0.3, -0.25) is 19.2 Å². The molecule has 0 bridgehead atoms. The molecule has 3 unspecified atom stereocenters. The van der Waals surface area contributed by atoms with E-state index in [1.165, 1.54) is 19.2 Å². The number of ether oxygens (including phenoxy) is 3. The Labute approximate surface area is 250 Å². The van der Waals surface area contributed by atoms with E-state index in [9.17, 15) is 32.3 Å². The van der Waals surface area contributed by atoms with E-state index in [-0.39, 0.29) is 24.0 Å². The minimum atomic E-state index is -4.80. The van der Waals surface area contributed by atoms with Crippen LogP contribution in [-0.4, -0.2) is 72.9 Å². The van der Waals surface area contributed by atoms with E-state index in [2.05, 4.69) is 4.98 Å². The smallest absolute Gasteiger partial charge is 0.418 e. The average molecular weight is 636 g/mol. The SMILES string of the molecule is COc1cc(C2c3sc(=O)[nH]c3SC3C(=O)N(c4ccccc4C(F)(F)F)C(=O)C32)ccc1OCC(=O)N1CCOCC1. The van der Waals surface area contributed by atoms with Crippen molar-refractivity contribution in [3.63, 3.8) is 0 Å². The number of thioether (sulfide) groups is 1. The first-order chi connectivity index (χ1) is 20.6. The number of imide groups is 1. The van der Waals surface area contributed by atoms with E-state index >= 15 is 0 Å². The van der Waals surface area contributed by atoms with E-state index in [0.29, 0.717) is 46.7 Å². The number of aromatic nitrogens is 1. The monoisotopic (exact) mass is 635 g/mol. The number of thiazole rings is 1. The Balaban J connectivity index is 1.35. The number of hydrogen-bond donors (Lipinski definition) is 1. The fraction of sp³-hybridized carbons (Fsp3) is 0.357. The molecule has 2 aromatic carbocycles. The molecule has 0 spiro atoms. The van der Waals surface area contributed by atoms with Gasteiger partial charge in [-0.25, -0.2) is 4.90 Å². The molecule has 3 aromatic rings. The third-order valence-corrected chi connectivity index (χ3v) is 9.94. The zero-order valence-corrected chi connectivity index (χ0v) is 24.1. The van der Waals surface area contributed by atoms with E-state index in [0.717, 1.165) is 35.2 Å². The van der Waals surface area contributed by atoms with Gasteiger partial charge >= 0.3 is 11.0 Å². The van der Waals surface area contributed by atoms with Crippen molar-refractivity contribution in [1.29, 1.82) is 0 Å². The quantitative estimate of drug-likeness (QED) is 0.409. The second-order valence-corrected chi connectivity index (χ2v) is 12.1. The van der Waals surface area contributed by atoms with Gasteiger partial charge in [0, 0.05) is 23.9 Å². The molecule has 226 valence electrons. The number of nitrogens with one attached hydrogen (secondary N) is 1. The topological polar surface area (TPSA) is 118 Å². The van der Waals surface area contributed by atoms with Crippen LogP contribution in [0.2, 0.25) is 0 Å². The van der Waals surface area contributed by atoms with Crippen molar-refractivity contribution >= 4 is 46.5 Å². The van der Waals surface area contributed by atoms with Gasteiger partial charge in [0.05, 0.1) is 42.5 Å². The Morgan fingerprint density at radius 1 is 1.07 bits per heavy atom. The first kappa shape index (κ1) is 29.3. The van der Waals surface area contributed by atoms with Crippen molar-refractivity contribution < 1.29 is 41.8 Å². The number of anilines is 1. The lowest BCUT2D eigenvalue weighted by Gasteiger charge is -2.30. The largest absolute Gasteiger partial charge is 0.493 e. The summed E-state index contributed by atoms with van der Waals surface area (Å²) in [6.45, 7) is 1.56. The lowest BCUT2D eigenvalue weighted by molar-refractivity contribution is -0.138. The zero-order valence-electron chi connectivity index (χ0n) is 22.5. The molecule has 10 nitrogen and oxygen atoms in total. The van der Waals surface area contributed by atoms with Gasteiger partial charge in [0.1, 0.15) is 5.25 Å². The number of para-hydroxylation sites is 1. The maximum absolute atomic E-state index is 13.9. The summed E-state index contributed by atoms with van der Waals surface area (Å²) >= 11 is 1.83. The first-order valence-electron chi connectivity index (χ1n) is 13.2. The normalized spacial score (nSPS) is 21.9. The zero-order chi connectivity index (χ0) is 30.5. The average Bonchev–Trinajstić information content (AvgIpc) is 3.49. The molecule has 0 radical (unpaired) electrons. The number of H-pyrrole nitrogens is 1. The molecule has 3 atom stereocenters. The van der Waals surface area contributed by atoms with Crippen LogP contribution >= 0.6 is 23.1 Å². The van der Waals surface area contributed by atoms with E-state index in [1.807, 2.05) is 0 Å². The molecule has 43 heavy (non-hydrogen) atoms. The van der Waals surface area contributed by atoms with Crippen LogP contribution in [0.25, 0.3) is 0 Å². The van der Waals surface area contributed by atoms with E-state index in [4.69, 9.17) is 14.2 Å². The van der Waals surface area contributed by atoms with Crippen molar-refractivity contribution in [3.8, 4) is 11.5 Å². The second kappa shape index (κ2) is 11.4. The Morgan fingerprint density at radius 3 is 2.53 bits per heavy atom. The molecule has 3 amide bonds. The summed E-state index contributed by atoms with van der Waals surface area (Å²) in [5.41, 5.74) is -1.15. The van der Waals surface area contributed by atoms with Crippen molar-refractivity contribution in [2.45, 2.75) is 22.4 Å². The molecule has 6 rings (SSSR count). The van der Waals surface area contributed by atoms with Crippen LogP contribution in [0.5, 0.6) is 11.5 Å². The molecule has 1 aromatic heterocycles. The number of alkyl halides is 3. The maximum Gasteiger partial charge on any atom is 0.418 e. The third-order valence-electron chi connectivity index (χ3n) is 7.54. The van der Waals surface area contributed by atoms with Gasteiger partial charge in [-0.05, 0) is 29.8 Å². The number of rotatable bonds is 6. The van der Waals surface area contributed by atoms with Crippen LogP contribution in [0.15, 0.2) is 52.3 Å². The third kappa shape index (κ3) is 5.29. The van der Waals surface area contributed by atoms with Gasteiger partial charge in [-0.1, -0.05) is 41.3 Å². The van der Waals surface area contributed by atoms with Crippen LogP contribution in [0.1, 0.15) is 21.9 Å². The number of methoxy groups -OCH3 is 1. The van der Waals surface area contributed by atoms with Crippen LogP contribution in [0, 0.1) is 5.92 Å². The fourth-order valence-corrected chi connectivity index (χ4v) is 8.08. The molecule has 1 N–H and O–H groups in total. The minimum absolute atomic E-state index is 0.224. The summed E-state index contributed by atoms with van der Waals surface area (Å²) in [5, 5.41) is -0.701. The molecule has 4 heterocycles. The highest BCUT2D eigenvalue weighted by Gasteiger charge is 2.57. The summed E-state index contributed by atoms with van der Waals surface area (Å²) in [7, 11) is 1.40. The predicted octanol–water partition coefficient (Wildman–Crippen LogP) is 3.50. The number of hydrogen-bond acceptors (Lipinski definition) is 9. The highest BCUT2D eigenvalue weighted by molar-refractivity contribution is 8.00. The molecule has 2 saturated heterocycles. The number of fused-ring (bicyclic) bond motifs is 2. The van der Waals surface area contributed by atoms with Crippen molar-refractivity contribution in [2.24, 2.45) is 5.92 Å². The lowest BCUT2D eigenvalue weighted by atomic mass is 9.83. The number of benzene rings is 2. The van der Waals surface area contributed by atoms with Gasteiger partial charge in [0.15, 0.2) is 18.1 Å². The standard InChI is InChI=1S/C28H24F3N3O7S2/c1-39-18-12-14(6-7-17(18)41-13-19(35)33-8-10-40-11-9-33)20-21-23(42-24-22(20)43-27(38)32-24)26(37)34(25(21)36)16-5-3-2-4-15(16)28(29,30)31/h2-7,12,20-21,23H,8-11,13H2,1H3,(H,32,38). The number of carbonyl (C=O) groups excluding carboxylic acids is 3. The molecular formula is C28H24F3N3O7S2. The molecule has 0 saturated carbocycles. The molecule has 2 fully saturated rings. The number of carbonyl (C=O) groups is 3. The molecule has 3 aliphatic heterocycles.